The fourth-order valence-electron chi connectivity index (χ4n) is 3.76. The first-order chi connectivity index (χ1) is 14.0. The number of benzene rings is 2. The summed E-state index contributed by atoms with van der Waals surface area (Å²) in [7, 11) is 1.55. The van der Waals surface area contributed by atoms with E-state index in [0.717, 1.165) is 10.5 Å². The van der Waals surface area contributed by atoms with Gasteiger partial charge in [-0.2, -0.15) is 0 Å². The van der Waals surface area contributed by atoms with E-state index >= 15 is 0 Å². The summed E-state index contributed by atoms with van der Waals surface area (Å²) in [5.41, 5.74) is 0.228. The minimum absolute atomic E-state index is 0.230. The fourth-order valence-corrected chi connectivity index (χ4v) is 3.76. The van der Waals surface area contributed by atoms with Crippen LogP contribution in [0.5, 0.6) is 11.5 Å². The zero-order chi connectivity index (χ0) is 20.4. The summed E-state index contributed by atoms with van der Waals surface area (Å²) >= 11 is 0. The van der Waals surface area contributed by atoms with Crippen molar-refractivity contribution in [2.45, 2.75) is 18.5 Å². The average Bonchev–Trinajstić information content (AvgIpc) is 2.97. The van der Waals surface area contributed by atoms with Crippen molar-refractivity contribution in [3.8, 4) is 11.5 Å². The Balaban J connectivity index is 1.47. The van der Waals surface area contributed by atoms with Gasteiger partial charge < -0.3 is 20.1 Å². The van der Waals surface area contributed by atoms with E-state index in [4.69, 9.17) is 9.47 Å². The number of hydrogen-bond donors (Lipinski definition) is 2. The second-order valence-electron chi connectivity index (χ2n) is 6.91. The molecule has 2 N–H and O–H groups in total. The molecule has 2 aromatic rings. The molecule has 29 heavy (non-hydrogen) atoms. The first kappa shape index (κ1) is 18.8. The van der Waals surface area contributed by atoms with Crippen molar-refractivity contribution in [3.05, 3.63) is 59.7 Å². The van der Waals surface area contributed by atoms with E-state index in [1.54, 1.807) is 31.4 Å². The molecule has 1 spiro atoms. The molecule has 0 unspecified atom stereocenters. The monoisotopic (exact) mass is 395 g/mol. The Morgan fingerprint density at radius 3 is 2.79 bits per heavy atom. The fraction of sp³-hybridized carbons (Fsp3) is 0.286. The highest BCUT2D eigenvalue weighted by Crippen LogP contribution is 2.40. The third-order valence-corrected chi connectivity index (χ3v) is 5.23. The van der Waals surface area contributed by atoms with E-state index in [9.17, 15) is 14.4 Å². The second kappa shape index (κ2) is 7.46. The number of nitrogens with one attached hydrogen (secondary N) is 2. The number of carbonyl (C=O) groups is 3. The van der Waals surface area contributed by atoms with Crippen molar-refractivity contribution >= 4 is 17.8 Å². The number of amides is 4. The molecule has 2 heterocycles. The van der Waals surface area contributed by atoms with E-state index < -0.39 is 23.4 Å². The van der Waals surface area contributed by atoms with Gasteiger partial charge in [0, 0.05) is 24.1 Å². The zero-order valence-corrected chi connectivity index (χ0v) is 15.9. The molecule has 1 fully saturated rings. The molecule has 8 heteroatoms. The molecule has 2 aliphatic rings. The molecule has 1 atom stereocenters. The Kier molecular flexibility index (Phi) is 4.84. The van der Waals surface area contributed by atoms with Crippen molar-refractivity contribution in [2.24, 2.45) is 0 Å². The van der Waals surface area contributed by atoms with Gasteiger partial charge in [-0.3, -0.25) is 14.5 Å². The molecule has 150 valence electrons. The zero-order valence-electron chi connectivity index (χ0n) is 15.9. The van der Waals surface area contributed by atoms with Gasteiger partial charge in [-0.1, -0.05) is 36.4 Å². The lowest BCUT2D eigenvalue weighted by Gasteiger charge is -2.33. The predicted octanol–water partition coefficient (Wildman–Crippen LogP) is 1.54. The number of para-hydroxylation sites is 2. The number of urea groups is 1. The summed E-state index contributed by atoms with van der Waals surface area (Å²) in [6.45, 7) is 0.176. The number of fused-ring (bicyclic) bond motifs is 2. The van der Waals surface area contributed by atoms with Crippen molar-refractivity contribution in [1.29, 1.82) is 0 Å². The van der Waals surface area contributed by atoms with Crippen LogP contribution in [0, 0.1) is 0 Å². The van der Waals surface area contributed by atoms with Crippen LogP contribution in [-0.4, -0.2) is 43.0 Å². The van der Waals surface area contributed by atoms with Crippen molar-refractivity contribution in [2.75, 3.05) is 20.3 Å². The number of imide groups is 1. The molecule has 1 saturated heterocycles. The standard InChI is InChI=1S/C21H21N3O5/c1-28-16-8-4-2-6-14(16)12-22-18(25)13-24-19(26)21(23-20(24)27)10-11-29-17-9-5-3-7-15(17)21/h2-9H,10-13H2,1H3,(H,22,25)(H,23,27)/t21-/m1/s1. The van der Waals surface area contributed by atoms with Gasteiger partial charge in [0.15, 0.2) is 5.54 Å². The summed E-state index contributed by atoms with van der Waals surface area (Å²) in [5.74, 6) is 0.345. The van der Waals surface area contributed by atoms with Crippen LogP contribution in [0.25, 0.3) is 0 Å². The molecule has 0 aliphatic carbocycles. The Hall–Kier alpha value is -3.55. The van der Waals surface area contributed by atoms with E-state index in [0.29, 0.717) is 30.1 Å². The molecule has 2 aliphatic heterocycles. The Labute approximate surface area is 167 Å². The Morgan fingerprint density at radius 1 is 1.21 bits per heavy atom. The van der Waals surface area contributed by atoms with Crippen LogP contribution in [0.2, 0.25) is 0 Å². The maximum Gasteiger partial charge on any atom is 0.325 e. The van der Waals surface area contributed by atoms with E-state index in [1.165, 1.54) is 0 Å². The quantitative estimate of drug-likeness (QED) is 0.749. The smallest absolute Gasteiger partial charge is 0.325 e. The van der Waals surface area contributed by atoms with Gasteiger partial charge >= 0.3 is 6.03 Å². The van der Waals surface area contributed by atoms with Crippen molar-refractivity contribution < 1.29 is 23.9 Å². The molecule has 0 saturated carbocycles. The third kappa shape index (κ3) is 3.26. The third-order valence-electron chi connectivity index (χ3n) is 5.23. The largest absolute Gasteiger partial charge is 0.496 e. The molecule has 0 radical (unpaired) electrons. The van der Waals surface area contributed by atoms with Gasteiger partial charge in [0.2, 0.25) is 5.91 Å². The van der Waals surface area contributed by atoms with E-state index in [-0.39, 0.29) is 13.1 Å². The van der Waals surface area contributed by atoms with Crippen molar-refractivity contribution in [3.63, 3.8) is 0 Å². The number of nitrogens with zero attached hydrogens (tertiary/aromatic N) is 1. The topological polar surface area (TPSA) is 97.0 Å². The first-order valence-corrected chi connectivity index (χ1v) is 9.30. The lowest BCUT2D eigenvalue weighted by atomic mass is 9.84. The van der Waals surface area contributed by atoms with Crippen LogP contribution in [-0.2, 0) is 21.7 Å². The maximum absolute atomic E-state index is 13.2. The number of ether oxygens (including phenoxy) is 2. The minimum Gasteiger partial charge on any atom is -0.496 e. The lowest BCUT2D eigenvalue weighted by molar-refractivity contribution is -0.136. The molecule has 0 aromatic heterocycles. The highest BCUT2D eigenvalue weighted by molar-refractivity contribution is 6.09. The van der Waals surface area contributed by atoms with Crippen LogP contribution < -0.4 is 20.1 Å². The SMILES string of the molecule is COc1ccccc1CNC(=O)CN1C(=O)N[C@@]2(CCOc3ccccc32)C1=O. The molecular formula is C21H21N3O5. The molecular weight excluding hydrogens is 374 g/mol. The minimum atomic E-state index is -1.19. The summed E-state index contributed by atoms with van der Waals surface area (Å²) in [5, 5.41) is 5.51. The maximum atomic E-state index is 13.2. The van der Waals surface area contributed by atoms with Gasteiger partial charge in [-0.05, 0) is 12.1 Å². The van der Waals surface area contributed by atoms with Crippen LogP contribution in [0.3, 0.4) is 0 Å². The Morgan fingerprint density at radius 2 is 1.97 bits per heavy atom. The number of methoxy groups -OCH3 is 1. The van der Waals surface area contributed by atoms with Crippen molar-refractivity contribution in [1.82, 2.24) is 15.5 Å². The van der Waals surface area contributed by atoms with Crippen LogP contribution in [0.15, 0.2) is 48.5 Å². The molecule has 8 nitrogen and oxygen atoms in total. The molecule has 2 aromatic carbocycles. The van der Waals surface area contributed by atoms with Gasteiger partial charge in [0.25, 0.3) is 5.91 Å². The average molecular weight is 395 g/mol. The van der Waals surface area contributed by atoms with Crippen LogP contribution in [0.4, 0.5) is 4.79 Å². The molecule has 4 amide bonds. The Bertz CT molecular complexity index is 976. The highest BCUT2D eigenvalue weighted by Gasteiger charge is 2.55. The number of carbonyl (C=O) groups excluding carboxylic acids is 3. The van der Waals surface area contributed by atoms with Gasteiger partial charge in [0.05, 0.1) is 13.7 Å². The normalized spacial score (nSPS) is 20.1. The highest BCUT2D eigenvalue weighted by atomic mass is 16.5. The molecule has 0 bridgehead atoms. The summed E-state index contributed by atoms with van der Waals surface area (Å²) in [6, 6.07) is 13.8. The first-order valence-electron chi connectivity index (χ1n) is 9.30. The summed E-state index contributed by atoms with van der Waals surface area (Å²) < 4.78 is 10.9. The van der Waals surface area contributed by atoms with E-state index in [1.807, 2.05) is 24.3 Å². The number of rotatable bonds is 5. The van der Waals surface area contributed by atoms with Gasteiger partial charge in [0.1, 0.15) is 18.0 Å². The van der Waals surface area contributed by atoms with Crippen LogP contribution >= 0.6 is 0 Å². The summed E-state index contributed by atoms with van der Waals surface area (Å²) in [6.07, 6.45) is 0.313. The van der Waals surface area contributed by atoms with E-state index in [2.05, 4.69) is 10.6 Å². The van der Waals surface area contributed by atoms with Crippen LogP contribution in [0.1, 0.15) is 17.5 Å². The molecule has 4 rings (SSSR count). The van der Waals surface area contributed by atoms with Gasteiger partial charge in [-0.15, -0.1) is 0 Å². The predicted molar refractivity (Wildman–Crippen MR) is 103 cm³/mol. The van der Waals surface area contributed by atoms with Gasteiger partial charge in [-0.25, -0.2) is 4.79 Å². The lowest BCUT2D eigenvalue weighted by Crippen LogP contribution is -2.48. The summed E-state index contributed by atoms with van der Waals surface area (Å²) in [4.78, 5) is 39.1. The number of hydrogen-bond acceptors (Lipinski definition) is 5. The second-order valence-corrected chi connectivity index (χ2v) is 6.91.